The minimum absolute atomic E-state index is 0.200. The Bertz CT molecular complexity index is 1000. The lowest BCUT2D eigenvalue weighted by Gasteiger charge is -2.36. The van der Waals surface area contributed by atoms with E-state index in [9.17, 15) is 9.90 Å². The maximum absolute atomic E-state index is 11.2. The molecule has 0 amide bonds. The minimum atomic E-state index is -0.907. The van der Waals surface area contributed by atoms with Crippen LogP contribution < -0.4 is 4.90 Å². The number of carboxylic acid groups (broad SMARTS) is 1. The number of aliphatic hydroxyl groups excluding tert-OH is 1. The Hall–Kier alpha value is -3.11. The Morgan fingerprint density at radius 1 is 0.933 bits per heavy atom. The first-order valence-electron chi connectivity index (χ1n) is 10.5. The summed E-state index contributed by atoms with van der Waals surface area (Å²) in [6, 6.07) is 23.6. The van der Waals surface area contributed by atoms with Crippen molar-refractivity contribution in [2.75, 3.05) is 18.0 Å². The van der Waals surface area contributed by atoms with E-state index >= 15 is 0 Å². The number of piperidine rings is 1. The monoisotopic (exact) mass is 401 g/mol. The van der Waals surface area contributed by atoms with Crippen molar-refractivity contribution in [1.82, 2.24) is 0 Å². The molecule has 0 unspecified atom stereocenters. The van der Waals surface area contributed by atoms with Gasteiger partial charge in [0.15, 0.2) is 0 Å². The molecule has 1 atom stereocenters. The highest BCUT2D eigenvalue weighted by atomic mass is 16.4. The zero-order chi connectivity index (χ0) is 21.1. The van der Waals surface area contributed by atoms with Crippen LogP contribution in [0.1, 0.15) is 40.4 Å². The van der Waals surface area contributed by atoms with E-state index in [2.05, 4.69) is 42.2 Å². The predicted molar refractivity (Wildman–Crippen MR) is 120 cm³/mol. The molecule has 4 heteroatoms. The van der Waals surface area contributed by atoms with Gasteiger partial charge in [-0.1, -0.05) is 54.1 Å². The van der Waals surface area contributed by atoms with Crippen molar-refractivity contribution in [3.8, 4) is 11.1 Å². The standard InChI is InChI=1S/C26H27NO3/c1-18-6-8-19(9-7-18)23-4-2-3-5-24(23)25(28)20-14-16-27(17-15-20)22-12-10-21(11-13-22)26(29)30/h2-13,20,25,28H,14-17H2,1H3,(H,29,30)/t25-/m0/s1. The summed E-state index contributed by atoms with van der Waals surface area (Å²) >= 11 is 0. The number of anilines is 1. The third kappa shape index (κ3) is 4.24. The number of aryl methyl sites for hydroxylation is 1. The first-order valence-corrected chi connectivity index (χ1v) is 10.5. The van der Waals surface area contributed by atoms with E-state index in [1.165, 1.54) is 5.56 Å². The molecule has 3 aromatic carbocycles. The molecule has 30 heavy (non-hydrogen) atoms. The van der Waals surface area contributed by atoms with Gasteiger partial charge in [0, 0.05) is 18.8 Å². The molecule has 1 fully saturated rings. The number of rotatable bonds is 5. The van der Waals surface area contributed by atoms with Gasteiger partial charge >= 0.3 is 5.97 Å². The molecule has 3 aromatic rings. The van der Waals surface area contributed by atoms with Gasteiger partial charge in [-0.15, -0.1) is 0 Å². The zero-order valence-electron chi connectivity index (χ0n) is 17.2. The summed E-state index contributed by atoms with van der Waals surface area (Å²) in [7, 11) is 0. The van der Waals surface area contributed by atoms with E-state index in [1.54, 1.807) is 12.1 Å². The number of hydrogen-bond donors (Lipinski definition) is 2. The second kappa shape index (κ2) is 8.72. The largest absolute Gasteiger partial charge is 0.478 e. The highest BCUT2D eigenvalue weighted by molar-refractivity contribution is 5.88. The topological polar surface area (TPSA) is 60.8 Å². The van der Waals surface area contributed by atoms with Crippen LogP contribution in [0.3, 0.4) is 0 Å². The van der Waals surface area contributed by atoms with Gasteiger partial charge in [0.25, 0.3) is 0 Å². The molecule has 4 nitrogen and oxygen atoms in total. The van der Waals surface area contributed by atoms with Crippen molar-refractivity contribution in [2.24, 2.45) is 5.92 Å². The van der Waals surface area contributed by atoms with Gasteiger partial charge in [-0.2, -0.15) is 0 Å². The summed E-state index contributed by atoms with van der Waals surface area (Å²) in [5, 5.41) is 20.3. The molecule has 0 spiro atoms. The molecule has 0 radical (unpaired) electrons. The number of carboxylic acids is 1. The van der Waals surface area contributed by atoms with Crippen molar-refractivity contribution in [2.45, 2.75) is 25.9 Å². The van der Waals surface area contributed by atoms with Gasteiger partial charge in [0.1, 0.15) is 0 Å². The first-order chi connectivity index (χ1) is 14.5. The lowest BCUT2D eigenvalue weighted by atomic mass is 9.84. The van der Waals surface area contributed by atoms with E-state index in [4.69, 9.17) is 5.11 Å². The number of hydrogen-bond acceptors (Lipinski definition) is 3. The molecular weight excluding hydrogens is 374 g/mol. The summed E-state index contributed by atoms with van der Waals surface area (Å²) in [4.78, 5) is 13.3. The van der Waals surface area contributed by atoms with E-state index < -0.39 is 12.1 Å². The number of aromatic carboxylic acids is 1. The van der Waals surface area contributed by atoms with Crippen LogP contribution in [-0.2, 0) is 0 Å². The third-order valence-corrected chi connectivity index (χ3v) is 6.11. The van der Waals surface area contributed by atoms with Crippen molar-refractivity contribution < 1.29 is 15.0 Å². The third-order valence-electron chi connectivity index (χ3n) is 6.11. The number of nitrogens with zero attached hydrogens (tertiary/aromatic N) is 1. The maximum Gasteiger partial charge on any atom is 0.335 e. The smallest absolute Gasteiger partial charge is 0.335 e. The van der Waals surface area contributed by atoms with Crippen molar-refractivity contribution in [3.05, 3.63) is 89.5 Å². The number of aliphatic hydroxyl groups is 1. The van der Waals surface area contributed by atoms with Crippen molar-refractivity contribution in [3.63, 3.8) is 0 Å². The van der Waals surface area contributed by atoms with Crippen LogP contribution >= 0.6 is 0 Å². The fourth-order valence-electron chi connectivity index (χ4n) is 4.29. The molecule has 0 saturated carbocycles. The predicted octanol–water partition coefficient (Wildman–Crippen LogP) is 5.31. The molecule has 1 saturated heterocycles. The van der Waals surface area contributed by atoms with Gasteiger partial charge in [0.2, 0.25) is 0 Å². The molecular formula is C26H27NO3. The normalized spacial score (nSPS) is 15.7. The van der Waals surface area contributed by atoms with Gasteiger partial charge in [-0.05, 0) is 66.6 Å². The molecule has 2 N–H and O–H groups in total. The molecule has 0 aromatic heterocycles. The summed E-state index contributed by atoms with van der Waals surface area (Å²) in [5.74, 6) is -0.707. The average Bonchev–Trinajstić information content (AvgIpc) is 2.79. The zero-order valence-corrected chi connectivity index (χ0v) is 17.2. The Balaban J connectivity index is 1.46. The summed E-state index contributed by atoms with van der Waals surface area (Å²) < 4.78 is 0. The van der Waals surface area contributed by atoms with E-state index in [0.717, 1.165) is 48.3 Å². The van der Waals surface area contributed by atoms with Crippen molar-refractivity contribution >= 4 is 11.7 Å². The van der Waals surface area contributed by atoms with Crippen LogP contribution in [-0.4, -0.2) is 29.3 Å². The van der Waals surface area contributed by atoms with E-state index in [1.807, 2.05) is 30.3 Å². The van der Waals surface area contributed by atoms with Gasteiger partial charge in [0.05, 0.1) is 11.7 Å². The highest BCUT2D eigenvalue weighted by Crippen LogP contribution is 2.37. The fraction of sp³-hybridized carbons (Fsp3) is 0.269. The lowest BCUT2D eigenvalue weighted by Crippen LogP contribution is -2.35. The summed E-state index contributed by atoms with van der Waals surface area (Å²) in [5.41, 5.74) is 5.78. The van der Waals surface area contributed by atoms with E-state index in [-0.39, 0.29) is 5.92 Å². The van der Waals surface area contributed by atoms with Crippen LogP contribution in [0.5, 0.6) is 0 Å². The van der Waals surface area contributed by atoms with Crippen LogP contribution in [0.2, 0.25) is 0 Å². The molecule has 4 rings (SSSR count). The van der Waals surface area contributed by atoms with Crippen molar-refractivity contribution in [1.29, 1.82) is 0 Å². The lowest BCUT2D eigenvalue weighted by molar-refractivity contribution is 0.0696. The van der Waals surface area contributed by atoms with Crippen LogP contribution in [0.4, 0.5) is 5.69 Å². The van der Waals surface area contributed by atoms with Gasteiger partial charge < -0.3 is 15.1 Å². The summed E-state index contributed by atoms with van der Waals surface area (Å²) in [6.07, 6.45) is 1.28. The average molecular weight is 402 g/mol. The molecule has 0 bridgehead atoms. The highest BCUT2D eigenvalue weighted by Gasteiger charge is 2.28. The maximum atomic E-state index is 11.2. The van der Waals surface area contributed by atoms with Gasteiger partial charge in [-0.25, -0.2) is 4.79 Å². The second-order valence-corrected chi connectivity index (χ2v) is 8.07. The Morgan fingerprint density at radius 2 is 1.57 bits per heavy atom. The molecule has 1 aliphatic rings. The quantitative estimate of drug-likeness (QED) is 0.608. The molecule has 154 valence electrons. The van der Waals surface area contributed by atoms with E-state index in [0.29, 0.717) is 5.56 Å². The number of benzene rings is 3. The second-order valence-electron chi connectivity index (χ2n) is 8.07. The SMILES string of the molecule is Cc1ccc(-c2ccccc2[C@@H](O)C2CCN(c3ccc(C(=O)O)cc3)CC2)cc1. The molecule has 0 aliphatic carbocycles. The molecule has 1 aliphatic heterocycles. The van der Waals surface area contributed by atoms with Crippen LogP contribution in [0.25, 0.3) is 11.1 Å². The summed E-state index contributed by atoms with van der Waals surface area (Å²) in [6.45, 7) is 3.77. The minimum Gasteiger partial charge on any atom is -0.478 e. The first kappa shape index (κ1) is 20.2. The molecule has 1 heterocycles. The Morgan fingerprint density at radius 3 is 2.20 bits per heavy atom. The Kier molecular flexibility index (Phi) is 5.86. The number of carbonyl (C=O) groups is 1. The fourth-order valence-corrected chi connectivity index (χ4v) is 4.29. The Labute approximate surface area is 177 Å². The van der Waals surface area contributed by atoms with Gasteiger partial charge in [-0.3, -0.25) is 0 Å². The van der Waals surface area contributed by atoms with Crippen LogP contribution in [0.15, 0.2) is 72.8 Å². The van der Waals surface area contributed by atoms with Crippen LogP contribution in [0, 0.1) is 12.8 Å².